The van der Waals surface area contributed by atoms with E-state index in [1.807, 2.05) is 54.6 Å². The summed E-state index contributed by atoms with van der Waals surface area (Å²) in [5.74, 6) is -0.691. The van der Waals surface area contributed by atoms with E-state index in [1.54, 1.807) is 18.2 Å². The average Bonchev–Trinajstić information content (AvgIpc) is 3.22. The number of carbonyl (C=O) groups is 2. The molecule has 1 heterocycles. The summed E-state index contributed by atoms with van der Waals surface area (Å²) in [6.07, 6.45) is 1.94. The van der Waals surface area contributed by atoms with Crippen molar-refractivity contribution in [3.05, 3.63) is 95.1 Å². The highest BCUT2D eigenvalue weighted by atomic mass is 16.5. The van der Waals surface area contributed by atoms with Gasteiger partial charge in [-0.15, -0.1) is 0 Å². The smallest absolute Gasteiger partial charge is 0.337 e. The second-order valence-electron chi connectivity index (χ2n) is 9.12. The van der Waals surface area contributed by atoms with E-state index < -0.39 is 5.97 Å². The van der Waals surface area contributed by atoms with Crippen molar-refractivity contribution >= 4 is 34.5 Å². The van der Waals surface area contributed by atoms with Crippen LogP contribution in [0.1, 0.15) is 45.9 Å². The lowest BCUT2D eigenvalue weighted by Gasteiger charge is -2.17. The molecule has 0 aromatic heterocycles. The van der Waals surface area contributed by atoms with Crippen molar-refractivity contribution in [1.29, 1.82) is 0 Å². The van der Waals surface area contributed by atoms with Gasteiger partial charge in [-0.25, -0.2) is 4.79 Å². The summed E-state index contributed by atoms with van der Waals surface area (Å²) >= 11 is 0. The minimum atomic E-state index is -0.453. The van der Waals surface area contributed by atoms with Crippen LogP contribution in [-0.2, 0) is 9.53 Å². The second kappa shape index (κ2) is 11.2. The number of rotatable bonds is 9. The van der Waals surface area contributed by atoms with E-state index in [2.05, 4.69) is 29.6 Å². The van der Waals surface area contributed by atoms with Crippen molar-refractivity contribution < 1.29 is 14.3 Å². The third-order valence-electron chi connectivity index (χ3n) is 6.23. The molecule has 0 saturated heterocycles. The van der Waals surface area contributed by atoms with Crippen molar-refractivity contribution in [1.82, 2.24) is 4.90 Å². The average molecular weight is 485 g/mol. The maximum atomic E-state index is 13.1. The molecule has 7 heteroatoms. The Morgan fingerprint density at radius 1 is 1.03 bits per heavy atom. The summed E-state index contributed by atoms with van der Waals surface area (Å²) in [6, 6.07) is 22.8. The van der Waals surface area contributed by atoms with E-state index in [-0.39, 0.29) is 11.9 Å². The Kier molecular flexibility index (Phi) is 7.83. The molecule has 0 spiro atoms. The summed E-state index contributed by atoms with van der Waals surface area (Å²) in [7, 11) is 5.45. The first-order chi connectivity index (χ1) is 17.4. The van der Waals surface area contributed by atoms with Crippen molar-refractivity contribution in [2.24, 2.45) is 5.73 Å². The Morgan fingerprint density at radius 3 is 2.42 bits per heavy atom. The number of ether oxygens (including phenoxy) is 1. The SMILES string of the molecule is COC(=O)c1ccc2c(c1)NC(=O)C2=C(Nc1ccc(C(N)CCCN(C)C)cc1)c1ccccc1. The maximum absolute atomic E-state index is 13.1. The molecule has 1 amide bonds. The number of hydrogen-bond acceptors (Lipinski definition) is 6. The van der Waals surface area contributed by atoms with Crippen molar-refractivity contribution in [2.75, 3.05) is 38.4 Å². The maximum Gasteiger partial charge on any atom is 0.337 e. The molecule has 4 rings (SSSR count). The summed E-state index contributed by atoms with van der Waals surface area (Å²) < 4.78 is 4.82. The number of hydrogen-bond donors (Lipinski definition) is 3. The molecule has 7 nitrogen and oxygen atoms in total. The highest BCUT2D eigenvalue weighted by Crippen LogP contribution is 2.38. The molecule has 4 N–H and O–H groups in total. The minimum absolute atomic E-state index is 0.0255. The highest BCUT2D eigenvalue weighted by Gasteiger charge is 2.29. The fourth-order valence-corrected chi connectivity index (χ4v) is 4.30. The summed E-state index contributed by atoms with van der Waals surface area (Å²) in [4.78, 5) is 27.3. The third-order valence-corrected chi connectivity index (χ3v) is 6.23. The van der Waals surface area contributed by atoms with Gasteiger partial charge in [0, 0.05) is 17.3 Å². The molecule has 0 aliphatic carbocycles. The van der Waals surface area contributed by atoms with E-state index in [0.717, 1.165) is 41.8 Å². The molecule has 1 aliphatic rings. The predicted molar refractivity (Wildman–Crippen MR) is 144 cm³/mol. The van der Waals surface area contributed by atoms with E-state index in [9.17, 15) is 9.59 Å². The Hall–Kier alpha value is -3.94. The van der Waals surface area contributed by atoms with E-state index >= 15 is 0 Å². The molecule has 36 heavy (non-hydrogen) atoms. The van der Waals surface area contributed by atoms with Gasteiger partial charge in [-0.3, -0.25) is 4.79 Å². The van der Waals surface area contributed by atoms with Crippen LogP contribution < -0.4 is 16.4 Å². The van der Waals surface area contributed by atoms with E-state index in [0.29, 0.717) is 22.5 Å². The normalized spacial score (nSPS) is 14.8. The molecule has 1 aliphatic heterocycles. The number of benzene rings is 3. The van der Waals surface area contributed by atoms with Crippen molar-refractivity contribution in [3.8, 4) is 0 Å². The number of fused-ring (bicyclic) bond motifs is 1. The van der Waals surface area contributed by atoms with Crippen LogP contribution in [0, 0.1) is 0 Å². The van der Waals surface area contributed by atoms with Crippen LogP contribution >= 0.6 is 0 Å². The number of methoxy groups -OCH3 is 1. The molecule has 3 aromatic carbocycles. The number of esters is 1. The van der Waals surface area contributed by atoms with Crippen LogP contribution in [0.2, 0.25) is 0 Å². The molecule has 0 radical (unpaired) electrons. The van der Waals surface area contributed by atoms with Crippen LogP contribution in [0.15, 0.2) is 72.8 Å². The van der Waals surface area contributed by atoms with Crippen LogP contribution in [-0.4, -0.2) is 44.5 Å². The Bertz CT molecular complexity index is 1270. The molecular weight excluding hydrogens is 452 g/mol. The Labute approximate surface area is 212 Å². The quantitative estimate of drug-likeness (QED) is 0.300. The monoisotopic (exact) mass is 484 g/mol. The highest BCUT2D eigenvalue weighted by molar-refractivity contribution is 6.37. The molecule has 0 bridgehead atoms. The number of nitrogens with two attached hydrogens (primary N) is 1. The van der Waals surface area contributed by atoms with Crippen molar-refractivity contribution in [2.45, 2.75) is 18.9 Å². The molecular formula is C29H32N4O3. The predicted octanol–water partition coefficient (Wildman–Crippen LogP) is 4.75. The van der Waals surface area contributed by atoms with E-state index in [1.165, 1.54) is 7.11 Å². The van der Waals surface area contributed by atoms with Gasteiger partial charge in [-0.1, -0.05) is 48.5 Å². The van der Waals surface area contributed by atoms with Gasteiger partial charge in [0.25, 0.3) is 5.91 Å². The van der Waals surface area contributed by atoms with Gasteiger partial charge in [0.05, 0.1) is 29.6 Å². The fourth-order valence-electron chi connectivity index (χ4n) is 4.30. The van der Waals surface area contributed by atoms with E-state index in [4.69, 9.17) is 10.5 Å². The van der Waals surface area contributed by atoms with Gasteiger partial charge in [0.2, 0.25) is 0 Å². The topological polar surface area (TPSA) is 96.7 Å². The zero-order valence-corrected chi connectivity index (χ0v) is 20.9. The summed E-state index contributed by atoms with van der Waals surface area (Å²) in [5.41, 5.74) is 12.1. The second-order valence-corrected chi connectivity index (χ2v) is 9.12. The van der Waals surface area contributed by atoms with Gasteiger partial charge in [0.15, 0.2) is 0 Å². The Morgan fingerprint density at radius 2 is 1.75 bits per heavy atom. The van der Waals surface area contributed by atoms with Crippen LogP contribution in [0.25, 0.3) is 11.3 Å². The number of amides is 1. The molecule has 3 aromatic rings. The van der Waals surface area contributed by atoms with Crippen LogP contribution in [0.3, 0.4) is 0 Å². The van der Waals surface area contributed by atoms with Gasteiger partial charge in [0.1, 0.15) is 0 Å². The van der Waals surface area contributed by atoms with Gasteiger partial charge >= 0.3 is 5.97 Å². The number of anilines is 2. The first kappa shape index (κ1) is 25.2. The van der Waals surface area contributed by atoms with Crippen LogP contribution in [0.4, 0.5) is 11.4 Å². The largest absolute Gasteiger partial charge is 0.465 e. The lowest BCUT2D eigenvalue weighted by atomic mass is 9.98. The number of nitrogens with zero attached hydrogens (tertiary/aromatic N) is 1. The van der Waals surface area contributed by atoms with Gasteiger partial charge < -0.3 is 26.0 Å². The lowest BCUT2D eigenvalue weighted by molar-refractivity contribution is -0.110. The summed E-state index contributed by atoms with van der Waals surface area (Å²) in [6.45, 7) is 1.01. The van der Waals surface area contributed by atoms with Crippen LogP contribution in [0.5, 0.6) is 0 Å². The standard InChI is InChI=1S/C29H32N4O3/c1-33(2)17-7-10-24(30)19-11-14-22(15-12-19)31-27(20-8-5-4-6-9-20)26-23-16-13-21(29(35)36-3)18-25(23)32-28(26)34/h4-6,8-9,11-16,18,24,31H,7,10,17,30H2,1-3H3,(H,32,34). The third kappa shape index (κ3) is 5.64. The van der Waals surface area contributed by atoms with Gasteiger partial charge in [-0.2, -0.15) is 0 Å². The molecule has 0 fully saturated rings. The zero-order chi connectivity index (χ0) is 25.7. The first-order valence-electron chi connectivity index (χ1n) is 12.0. The molecule has 1 atom stereocenters. The number of nitrogens with one attached hydrogen (secondary N) is 2. The van der Waals surface area contributed by atoms with Gasteiger partial charge in [-0.05, 0) is 68.9 Å². The molecule has 0 saturated carbocycles. The first-order valence-corrected chi connectivity index (χ1v) is 12.0. The summed E-state index contributed by atoms with van der Waals surface area (Å²) in [5, 5.41) is 6.35. The number of carbonyl (C=O) groups excluding carboxylic acids is 2. The lowest BCUT2D eigenvalue weighted by Crippen LogP contribution is -2.16. The molecule has 186 valence electrons. The van der Waals surface area contributed by atoms with Crippen molar-refractivity contribution in [3.63, 3.8) is 0 Å². The molecule has 1 unspecified atom stereocenters. The Balaban J connectivity index is 1.66. The zero-order valence-electron chi connectivity index (χ0n) is 20.9. The fraction of sp³-hybridized carbons (Fsp3) is 0.241. The minimum Gasteiger partial charge on any atom is -0.465 e.